The lowest BCUT2D eigenvalue weighted by Crippen LogP contribution is -2.45. The van der Waals surface area contributed by atoms with Gasteiger partial charge in [-0.15, -0.1) is 0 Å². The molecule has 1 fully saturated rings. The van der Waals surface area contributed by atoms with Crippen molar-refractivity contribution in [1.29, 1.82) is 0 Å². The topological polar surface area (TPSA) is 55.6 Å². The van der Waals surface area contributed by atoms with Gasteiger partial charge in [0.15, 0.2) is 0 Å². The summed E-state index contributed by atoms with van der Waals surface area (Å²) in [6.07, 6.45) is 5.48. The summed E-state index contributed by atoms with van der Waals surface area (Å²) in [7, 11) is 1.39. The van der Waals surface area contributed by atoms with Gasteiger partial charge in [-0.25, -0.2) is 0 Å². The Morgan fingerprint density at radius 3 is 2.59 bits per heavy atom. The SMILES string of the molecule is CCN(CCCCC(C)(N)C(=O)OC)C1CC1. The first-order valence-electron chi connectivity index (χ1n) is 6.62. The van der Waals surface area contributed by atoms with Gasteiger partial charge in [0.2, 0.25) is 0 Å². The summed E-state index contributed by atoms with van der Waals surface area (Å²) in [6, 6.07) is 0.824. The van der Waals surface area contributed by atoms with Crippen molar-refractivity contribution in [1.82, 2.24) is 4.90 Å². The minimum atomic E-state index is -0.828. The second kappa shape index (κ2) is 6.36. The van der Waals surface area contributed by atoms with E-state index in [1.807, 2.05) is 0 Å². The van der Waals surface area contributed by atoms with Crippen LogP contribution in [0.4, 0.5) is 0 Å². The smallest absolute Gasteiger partial charge is 0.325 e. The Bertz CT molecular complexity index is 250. The van der Waals surface area contributed by atoms with Crippen LogP contribution in [-0.4, -0.2) is 42.6 Å². The molecule has 1 aliphatic carbocycles. The lowest BCUT2D eigenvalue weighted by atomic mass is 9.96. The Balaban J connectivity index is 2.16. The molecule has 2 N–H and O–H groups in total. The molecule has 0 aromatic rings. The Morgan fingerprint density at radius 1 is 1.47 bits per heavy atom. The molecule has 0 saturated heterocycles. The molecule has 1 aliphatic rings. The largest absolute Gasteiger partial charge is 0.468 e. The zero-order valence-electron chi connectivity index (χ0n) is 11.4. The van der Waals surface area contributed by atoms with Crippen LogP contribution in [0.25, 0.3) is 0 Å². The van der Waals surface area contributed by atoms with Crippen LogP contribution in [0.5, 0.6) is 0 Å². The van der Waals surface area contributed by atoms with Crippen LogP contribution in [0, 0.1) is 0 Å². The Morgan fingerprint density at radius 2 is 2.12 bits per heavy atom. The number of hydrogen-bond donors (Lipinski definition) is 1. The van der Waals surface area contributed by atoms with Crippen LogP contribution >= 0.6 is 0 Å². The summed E-state index contributed by atoms with van der Waals surface area (Å²) < 4.78 is 4.69. The van der Waals surface area contributed by atoms with E-state index in [4.69, 9.17) is 5.73 Å². The molecule has 1 atom stereocenters. The number of carbonyl (C=O) groups excluding carboxylic acids is 1. The fourth-order valence-corrected chi connectivity index (χ4v) is 2.18. The first-order chi connectivity index (χ1) is 8.01. The van der Waals surface area contributed by atoms with Crippen molar-refractivity contribution < 1.29 is 9.53 Å². The number of esters is 1. The molecule has 0 radical (unpaired) electrons. The van der Waals surface area contributed by atoms with E-state index in [-0.39, 0.29) is 5.97 Å². The van der Waals surface area contributed by atoms with Crippen LogP contribution in [0.2, 0.25) is 0 Å². The third-order valence-corrected chi connectivity index (χ3v) is 3.51. The summed E-state index contributed by atoms with van der Waals surface area (Å²) in [5.41, 5.74) is 5.08. The summed E-state index contributed by atoms with van der Waals surface area (Å²) in [4.78, 5) is 13.9. The summed E-state index contributed by atoms with van der Waals surface area (Å²) in [5.74, 6) is -0.313. The maximum absolute atomic E-state index is 11.4. The number of carbonyl (C=O) groups is 1. The number of nitrogens with two attached hydrogens (primary N) is 1. The van der Waals surface area contributed by atoms with Crippen molar-refractivity contribution in [2.24, 2.45) is 5.73 Å². The van der Waals surface area contributed by atoms with Gasteiger partial charge in [-0.2, -0.15) is 0 Å². The Hall–Kier alpha value is -0.610. The minimum absolute atomic E-state index is 0.313. The van der Waals surface area contributed by atoms with Crippen LogP contribution in [0.3, 0.4) is 0 Å². The van der Waals surface area contributed by atoms with Gasteiger partial charge in [0.1, 0.15) is 5.54 Å². The molecule has 0 aromatic heterocycles. The van der Waals surface area contributed by atoms with E-state index in [0.717, 1.165) is 32.0 Å². The van der Waals surface area contributed by atoms with Crippen molar-refractivity contribution >= 4 is 5.97 Å². The first-order valence-corrected chi connectivity index (χ1v) is 6.62. The first kappa shape index (κ1) is 14.5. The van der Waals surface area contributed by atoms with E-state index < -0.39 is 5.54 Å². The van der Waals surface area contributed by atoms with Crippen LogP contribution in [0.15, 0.2) is 0 Å². The molecular formula is C13H26N2O2. The molecule has 1 unspecified atom stereocenters. The maximum atomic E-state index is 11.4. The zero-order chi connectivity index (χ0) is 12.9. The lowest BCUT2D eigenvalue weighted by molar-refractivity contribution is -0.146. The molecule has 17 heavy (non-hydrogen) atoms. The van der Waals surface area contributed by atoms with Gasteiger partial charge < -0.3 is 15.4 Å². The summed E-state index contributed by atoms with van der Waals surface area (Å²) in [6.45, 7) is 6.21. The molecule has 4 nitrogen and oxygen atoms in total. The highest BCUT2D eigenvalue weighted by Crippen LogP contribution is 2.26. The normalized spacial score (nSPS) is 19.1. The van der Waals surface area contributed by atoms with E-state index in [2.05, 4.69) is 16.6 Å². The predicted molar refractivity (Wildman–Crippen MR) is 68.7 cm³/mol. The van der Waals surface area contributed by atoms with Gasteiger partial charge in [-0.3, -0.25) is 4.79 Å². The van der Waals surface area contributed by atoms with Gasteiger partial charge in [-0.1, -0.05) is 6.92 Å². The monoisotopic (exact) mass is 242 g/mol. The second-order valence-electron chi connectivity index (χ2n) is 5.23. The Kier molecular flexibility index (Phi) is 5.40. The van der Waals surface area contributed by atoms with Crippen LogP contribution in [0.1, 0.15) is 46.0 Å². The van der Waals surface area contributed by atoms with E-state index in [0.29, 0.717) is 6.42 Å². The van der Waals surface area contributed by atoms with Crippen LogP contribution in [-0.2, 0) is 9.53 Å². The van der Waals surface area contributed by atoms with Crippen molar-refractivity contribution in [3.63, 3.8) is 0 Å². The van der Waals surface area contributed by atoms with Crippen molar-refractivity contribution in [3.05, 3.63) is 0 Å². The summed E-state index contributed by atoms with van der Waals surface area (Å²) in [5, 5.41) is 0. The molecule has 0 bridgehead atoms. The standard InChI is InChI=1S/C13H26N2O2/c1-4-15(11-7-8-11)10-6-5-9-13(2,14)12(16)17-3/h11H,4-10,14H2,1-3H3. The Labute approximate surface area is 104 Å². The molecule has 4 heteroatoms. The number of nitrogens with zero attached hydrogens (tertiary/aromatic N) is 1. The number of rotatable bonds is 8. The third-order valence-electron chi connectivity index (χ3n) is 3.51. The van der Waals surface area contributed by atoms with E-state index >= 15 is 0 Å². The third kappa shape index (κ3) is 4.64. The van der Waals surface area contributed by atoms with E-state index in [1.54, 1.807) is 6.92 Å². The molecular weight excluding hydrogens is 216 g/mol. The fraction of sp³-hybridized carbons (Fsp3) is 0.923. The fourth-order valence-electron chi connectivity index (χ4n) is 2.18. The van der Waals surface area contributed by atoms with Crippen molar-refractivity contribution in [3.8, 4) is 0 Å². The molecule has 0 aliphatic heterocycles. The van der Waals surface area contributed by atoms with Crippen molar-refractivity contribution in [2.75, 3.05) is 20.2 Å². The highest BCUT2D eigenvalue weighted by molar-refractivity contribution is 5.79. The quantitative estimate of drug-likeness (QED) is 0.518. The van der Waals surface area contributed by atoms with Gasteiger partial charge in [0, 0.05) is 6.04 Å². The lowest BCUT2D eigenvalue weighted by Gasteiger charge is -2.23. The highest BCUT2D eigenvalue weighted by Gasteiger charge is 2.30. The molecule has 100 valence electrons. The molecule has 0 heterocycles. The van der Waals surface area contributed by atoms with Gasteiger partial charge >= 0.3 is 5.97 Å². The van der Waals surface area contributed by atoms with E-state index in [1.165, 1.54) is 20.0 Å². The zero-order valence-corrected chi connectivity index (χ0v) is 11.4. The molecule has 0 spiro atoms. The number of unbranched alkanes of at least 4 members (excludes halogenated alkanes) is 1. The number of ether oxygens (including phenoxy) is 1. The van der Waals surface area contributed by atoms with E-state index in [9.17, 15) is 4.79 Å². The maximum Gasteiger partial charge on any atom is 0.325 e. The van der Waals surface area contributed by atoms with Gasteiger partial charge in [0.25, 0.3) is 0 Å². The predicted octanol–water partition coefficient (Wildman–Crippen LogP) is 1.53. The van der Waals surface area contributed by atoms with Gasteiger partial charge in [-0.05, 0) is 52.1 Å². The van der Waals surface area contributed by atoms with Crippen molar-refractivity contribution in [2.45, 2.75) is 57.5 Å². The molecule has 0 amide bonds. The molecule has 0 aromatic carbocycles. The second-order valence-corrected chi connectivity index (χ2v) is 5.23. The number of methoxy groups -OCH3 is 1. The van der Waals surface area contributed by atoms with Gasteiger partial charge in [0.05, 0.1) is 7.11 Å². The highest BCUT2D eigenvalue weighted by atomic mass is 16.5. The summed E-state index contributed by atoms with van der Waals surface area (Å²) >= 11 is 0. The number of hydrogen-bond acceptors (Lipinski definition) is 4. The van der Waals surface area contributed by atoms with Crippen LogP contribution < -0.4 is 5.73 Å². The molecule has 1 rings (SSSR count). The molecule has 1 saturated carbocycles. The average Bonchev–Trinajstić information content (AvgIpc) is 3.12. The average molecular weight is 242 g/mol. The minimum Gasteiger partial charge on any atom is -0.468 e.